The van der Waals surface area contributed by atoms with Crippen molar-refractivity contribution in [2.45, 2.75) is 277 Å². The molecule has 6 heteroatoms. The Labute approximate surface area is 372 Å². The molecule has 0 N–H and O–H groups in total. The molecule has 0 aromatic carbocycles. The van der Waals surface area contributed by atoms with Gasteiger partial charge in [-0.15, -0.1) is 0 Å². The molecule has 6 nitrogen and oxygen atoms in total. The van der Waals surface area contributed by atoms with E-state index >= 15 is 0 Å². The van der Waals surface area contributed by atoms with Crippen molar-refractivity contribution in [2.75, 3.05) is 13.2 Å². The molecule has 0 saturated carbocycles. The van der Waals surface area contributed by atoms with Crippen molar-refractivity contribution >= 4 is 17.9 Å². The number of unbranched alkanes of at least 4 members (excludes halogenated alkanes) is 30. The molecular formula is C54H98O6. The summed E-state index contributed by atoms with van der Waals surface area (Å²) < 4.78 is 16.8. The van der Waals surface area contributed by atoms with E-state index in [0.29, 0.717) is 19.3 Å². The summed E-state index contributed by atoms with van der Waals surface area (Å²) in [5.74, 6) is -0.891. The lowest BCUT2D eigenvalue weighted by molar-refractivity contribution is -0.167. The first-order valence-corrected chi connectivity index (χ1v) is 26.0. The molecule has 60 heavy (non-hydrogen) atoms. The van der Waals surface area contributed by atoms with Crippen molar-refractivity contribution in [3.05, 3.63) is 36.5 Å². The predicted molar refractivity (Wildman–Crippen MR) is 256 cm³/mol. The number of carbonyl (C=O) groups is 3. The topological polar surface area (TPSA) is 78.9 Å². The number of hydrogen-bond acceptors (Lipinski definition) is 6. The molecule has 1 unspecified atom stereocenters. The summed E-state index contributed by atoms with van der Waals surface area (Å²) in [5, 5.41) is 0. The monoisotopic (exact) mass is 843 g/mol. The Morgan fingerprint density at radius 2 is 0.617 bits per heavy atom. The van der Waals surface area contributed by atoms with E-state index < -0.39 is 6.10 Å². The van der Waals surface area contributed by atoms with Gasteiger partial charge in [-0.05, 0) is 70.6 Å². The molecule has 0 saturated heterocycles. The highest BCUT2D eigenvalue weighted by atomic mass is 16.6. The summed E-state index contributed by atoms with van der Waals surface area (Å²) in [7, 11) is 0. The van der Waals surface area contributed by atoms with Crippen molar-refractivity contribution < 1.29 is 28.6 Å². The van der Waals surface area contributed by atoms with Crippen molar-refractivity contribution in [1.82, 2.24) is 0 Å². The van der Waals surface area contributed by atoms with Crippen LogP contribution in [-0.2, 0) is 28.6 Å². The zero-order chi connectivity index (χ0) is 43.7. The number of carbonyl (C=O) groups excluding carboxylic acids is 3. The molecule has 0 radical (unpaired) electrons. The number of esters is 3. The molecule has 0 aromatic heterocycles. The van der Waals surface area contributed by atoms with Crippen molar-refractivity contribution in [1.29, 1.82) is 0 Å². The fraction of sp³-hybridized carbons (Fsp3) is 0.833. The van der Waals surface area contributed by atoms with E-state index in [4.69, 9.17) is 14.2 Å². The highest BCUT2D eigenvalue weighted by molar-refractivity contribution is 5.71. The van der Waals surface area contributed by atoms with Crippen LogP contribution in [0.3, 0.4) is 0 Å². The van der Waals surface area contributed by atoms with Gasteiger partial charge in [0.1, 0.15) is 13.2 Å². The molecule has 0 aliphatic carbocycles. The Morgan fingerprint density at radius 1 is 0.333 bits per heavy atom. The van der Waals surface area contributed by atoms with E-state index in [1.807, 2.05) is 0 Å². The Bertz CT molecular complexity index is 1020. The lowest BCUT2D eigenvalue weighted by Crippen LogP contribution is -2.30. The van der Waals surface area contributed by atoms with Crippen molar-refractivity contribution in [3.8, 4) is 0 Å². The summed E-state index contributed by atoms with van der Waals surface area (Å²) in [6, 6.07) is 0. The fourth-order valence-corrected chi connectivity index (χ4v) is 7.39. The molecule has 1 atom stereocenters. The smallest absolute Gasteiger partial charge is 0.306 e. The molecular weight excluding hydrogens is 745 g/mol. The second-order valence-corrected chi connectivity index (χ2v) is 17.4. The molecule has 0 amide bonds. The predicted octanol–water partition coefficient (Wildman–Crippen LogP) is 16.9. The summed E-state index contributed by atoms with van der Waals surface area (Å²) in [4.78, 5) is 37.9. The average Bonchev–Trinajstić information content (AvgIpc) is 3.24. The minimum atomic E-state index is -0.778. The van der Waals surface area contributed by atoms with Crippen LogP contribution in [0, 0.1) is 0 Å². The second-order valence-electron chi connectivity index (χ2n) is 17.4. The number of ether oxygens (including phenoxy) is 3. The molecule has 0 aliphatic rings. The van der Waals surface area contributed by atoms with Gasteiger partial charge < -0.3 is 14.2 Å². The Morgan fingerprint density at radius 3 is 1.02 bits per heavy atom. The highest BCUT2D eigenvalue weighted by Crippen LogP contribution is 2.16. The normalized spacial score (nSPS) is 12.2. The maximum Gasteiger partial charge on any atom is 0.306 e. The maximum atomic E-state index is 12.8. The first-order valence-electron chi connectivity index (χ1n) is 26.0. The van der Waals surface area contributed by atoms with E-state index in [0.717, 1.165) is 89.9 Å². The van der Waals surface area contributed by atoms with Gasteiger partial charge >= 0.3 is 17.9 Å². The van der Waals surface area contributed by atoms with Crippen LogP contribution in [0.5, 0.6) is 0 Å². The number of allylic oxidation sites excluding steroid dienone is 6. The van der Waals surface area contributed by atoms with Crippen LogP contribution in [0.1, 0.15) is 271 Å². The minimum Gasteiger partial charge on any atom is -0.462 e. The van der Waals surface area contributed by atoms with Crippen molar-refractivity contribution in [3.63, 3.8) is 0 Å². The molecule has 0 fully saturated rings. The summed E-state index contributed by atoms with van der Waals surface area (Å²) in [6.07, 6.45) is 56.9. The SMILES string of the molecule is CCCC/C=C\C/C=C\CCCCCCCC(=O)OC(COC(=O)CCCCCCC/C=C\CCCCC)COC(=O)CCCCCCCCCCCCCCCCCC. The molecule has 0 aromatic rings. The lowest BCUT2D eigenvalue weighted by atomic mass is 10.0. The summed E-state index contributed by atoms with van der Waals surface area (Å²) >= 11 is 0. The quantitative estimate of drug-likeness (QED) is 0.0263. The zero-order valence-corrected chi connectivity index (χ0v) is 40.0. The standard InChI is InChI=1S/C54H98O6/c1-4-7-10-13-16-19-22-25-27-28-30-32-35-38-41-44-47-53(56)59-50-51(49-58-52(55)46-43-40-37-34-31-24-21-18-15-12-9-6-3)60-54(57)48-45-42-39-36-33-29-26-23-20-17-14-11-8-5-2/h14,17-18,21,23,26,51H,4-13,15-16,19-20,22,24-25,27-50H2,1-3H3/b17-14-,21-18-,26-23-. The van der Waals surface area contributed by atoms with Crippen LogP contribution in [-0.4, -0.2) is 37.2 Å². The van der Waals surface area contributed by atoms with Gasteiger partial charge in [-0.3, -0.25) is 14.4 Å². The van der Waals surface area contributed by atoms with E-state index in [2.05, 4.69) is 57.2 Å². The summed E-state index contributed by atoms with van der Waals surface area (Å²) in [6.45, 7) is 6.58. The highest BCUT2D eigenvalue weighted by Gasteiger charge is 2.19. The molecule has 350 valence electrons. The molecule has 0 bridgehead atoms. The van der Waals surface area contributed by atoms with Gasteiger partial charge in [0.15, 0.2) is 6.10 Å². The van der Waals surface area contributed by atoms with Gasteiger partial charge in [0, 0.05) is 19.3 Å². The van der Waals surface area contributed by atoms with Gasteiger partial charge in [-0.25, -0.2) is 0 Å². The lowest BCUT2D eigenvalue weighted by Gasteiger charge is -2.18. The summed E-state index contributed by atoms with van der Waals surface area (Å²) in [5.41, 5.74) is 0. The second kappa shape index (κ2) is 49.3. The third kappa shape index (κ3) is 46.7. The van der Waals surface area contributed by atoms with Gasteiger partial charge in [0.25, 0.3) is 0 Å². The first-order chi connectivity index (χ1) is 29.5. The third-order valence-electron chi connectivity index (χ3n) is 11.4. The van der Waals surface area contributed by atoms with E-state index in [1.165, 1.54) is 141 Å². The molecule has 0 heterocycles. The molecule has 0 spiro atoms. The van der Waals surface area contributed by atoms with Gasteiger partial charge in [0.2, 0.25) is 0 Å². The Balaban J connectivity index is 4.36. The Hall–Kier alpha value is -2.37. The van der Waals surface area contributed by atoms with Crippen LogP contribution in [0.15, 0.2) is 36.5 Å². The van der Waals surface area contributed by atoms with E-state index in [9.17, 15) is 14.4 Å². The Kier molecular flexibility index (Phi) is 47.3. The van der Waals surface area contributed by atoms with E-state index in [-0.39, 0.29) is 31.1 Å². The van der Waals surface area contributed by atoms with E-state index in [1.54, 1.807) is 0 Å². The van der Waals surface area contributed by atoms with Crippen molar-refractivity contribution in [2.24, 2.45) is 0 Å². The first kappa shape index (κ1) is 57.6. The molecule has 0 aliphatic heterocycles. The van der Waals surface area contributed by atoms with Gasteiger partial charge in [-0.2, -0.15) is 0 Å². The van der Waals surface area contributed by atoms with Gasteiger partial charge in [-0.1, -0.05) is 218 Å². The molecule has 0 rings (SSSR count). The van der Waals surface area contributed by atoms with Crippen LogP contribution in [0.2, 0.25) is 0 Å². The third-order valence-corrected chi connectivity index (χ3v) is 11.4. The number of rotatable bonds is 47. The zero-order valence-electron chi connectivity index (χ0n) is 40.0. The van der Waals surface area contributed by atoms with Gasteiger partial charge in [0.05, 0.1) is 0 Å². The van der Waals surface area contributed by atoms with Crippen LogP contribution in [0.25, 0.3) is 0 Å². The van der Waals surface area contributed by atoms with Crippen LogP contribution in [0.4, 0.5) is 0 Å². The number of hydrogen-bond donors (Lipinski definition) is 0. The maximum absolute atomic E-state index is 12.8. The fourth-order valence-electron chi connectivity index (χ4n) is 7.39. The van der Waals surface area contributed by atoms with Crippen LogP contribution < -0.4 is 0 Å². The largest absolute Gasteiger partial charge is 0.462 e. The minimum absolute atomic E-state index is 0.0776. The van der Waals surface area contributed by atoms with Crippen LogP contribution >= 0.6 is 0 Å². The average molecular weight is 843 g/mol.